The maximum atomic E-state index is 12.9. The van der Waals surface area contributed by atoms with Crippen LogP contribution in [0.3, 0.4) is 0 Å². The van der Waals surface area contributed by atoms with Gasteiger partial charge in [0.15, 0.2) is 6.61 Å². The summed E-state index contributed by atoms with van der Waals surface area (Å²) in [6.07, 6.45) is 0. The smallest absolute Gasteiger partial charge is 0.277 e. The van der Waals surface area contributed by atoms with Crippen molar-refractivity contribution in [3.05, 3.63) is 77.0 Å². The van der Waals surface area contributed by atoms with Crippen LogP contribution in [0.15, 0.2) is 64.2 Å². The Bertz CT molecular complexity index is 1070. The summed E-state index contributed by atoms with van der Waals surface area (Å²) in [5.74, 6) is 1.10. The van der Waals surface area contributed by atoms with Gasteiger partial charge in [0.25, 0.3) is 11.1 Å². The first-order chi connectivity index (χ1) is 13.2. The number of fused-ring (bicyclic) bond motifs is 1. The van der Waals surface area contributed by atoms with E-state index in [9.17, 15) is 4.39 Å². The molecule has 0 aliphatic heterocycles. The molecule has 5 nitrogen and oxygen atoms in total. The number of ether oxygens (including phenoxy) is 1. The first kappa shape index (κ1) is 17.8. The van der Waals surface area contributed by atoms with Crippen molar-refractivity contribution in [2.45, 2.75) is 17.6 Å². The maximum absolute atomic E-state index is 12.9. The number of hydrogen-bond donors (Lipinski definition) is 0. The standard InChI is InChI=1S/C19H13ClFN3O2S/c20-18-13(9-12-3-1-2-4-16(12)22-18)11-27-19-24-23-17(26-19)10-25-15-7-5-14(21)6-8-15/h1-9H,10-11H2. The van der Waals surface area contributed by atoms with Crippen molar-refractivity contribution in [1.82, 2.24) is 15.2 Å². The zero-order valence-corrected chi connectivity index (χ0v) is 15.5. The highest BCUT2D eigenvalue weighted by Gasteiger charge is 2.11. The second-order valence-electron chi connectivity index (χ2n) is 5.62. The van der Waals surface area contributed by atoms with E-state index in [0.29, 0.717) is 27.8 Å². The first-order valence-electron chi connectivity index (χ1n) is 8.05. The predicted molar refractivity (Wildman–Crippen MR) is 101 cm³/mol. The molecule has 0 saturated carbocycles. The highest BCUT2D eigenvalue weighted by molar-refractivity contribution is 7.98. The number of aromatic nitrogens is 3. The Morgan fingerprint density at radius 2 is 1.89 bits per heavy atom. The van der Waals surface area contributed by atoms with Crippen LogP contribution in [0.25, 0.3) is 10.9 Å². The molecular weight excluding hydrogens is 389 g/mol. The van der Waals surface area contributed by atoms with Crippen molar-refractivity contribution in [3.63, 3.8) is 0 Å². The average Bonchev–Trinajstić information content (AvgIpc) is 3.14. The topological polar surface area (TPSA) is 61.0 Å². The largest absolute Gasteiger partial charge is 0.484 e. The summed E-state index contributed by atoms with van der Waals surface area (Å²) >= 11 is 7.64. The second-order valence-corrected chi connectivity index (χ2v) is 6.91. The molecule has 27 heavy (non-hydrogen) atoms. The van der Waals surface area contributed by atoms with Gasteiger partial charge >= 0.3 is 0 Å². The number of hydrogen-bond acceptors (Lipinski definition) is 6. The normalized spacial score (nSPS) is 11.0. The molecule has 4 rings (SSSR count). The van der Waals surface area contributed by atoms with Gasteiger partial charge in [-0.05, 0) is 36.4 Å². The summed E-state index contributed by atoms with van der Waals surface area (Å²) in [6, 6.07) is 15.5. The molecule has 136 valence electrons. The van der Waals surface area contributed by atoms with E-state index >= 15 is 0 Å². The molecule has 2 aromatic heterocycles. The summed E-state index contributed by atoms with van der Waals surface area (Å²) in [7, 11) is 0. The van der Waals surface area contributed by atoms with E-state index in [0.717, 1.165) is 16.5 Å². The van der Waals surface area contributed by atoms with Crippen LogP contribution in [-0.2, 0) is 12.4 Å². The average molecular weight is 402 g/mol. The molecule has 2 aromatic carbocycles. The minimum absolute atomic E-state index is 0.109. The predicted octanol–water partition coefficient (Wildman–Crippen LogP) is 5.28. The first-order valence-corrected chi connectivity index (χ1v) is 9.41. The number of para-hydroxylation sites is 1. The van der Waals surface area contributed by atoms with Crippen molar-refractivity contribution in [2.75, 3.05) is 0 Å². The molecule has 0 saturated heterocycles. The number of pyridine rings is 1. The minimum Gasteiger partial charge on any atom is -0.484 e. The molecule has 0 amide bonds. The van der Waals surface area contributed by atoms with Crippen LogP contribution >= 0.6 is 23.4 Å². The highest BCUT2D eigenvalue weighted by atomic mass is 35.5. The maximum Gasteiger partial charge on any atom is 0.277 e. The molecule has 0 fully saturated rings. The molecule has 0 atom stereocenters. The van der Waals surface area contributed by atoms with Crippen LogP contribution in [0.1, 0.15) is 11.5 Å². The monoisotopic (exact) mass is 401 g/mol. The molecule has 0 bridgehead atoms. The van der Waals surface area contributed by atoms with Crippen LogP contribution in [0.2, 0.25) is 5.15 Å². The summed E-state index contributed by atoms with van der Waals surface area (Å²) in [5, 5.41) is 9.84. The Kier molecular flexibility index (Phi) is 5.22. The van der Waals surface area contributed by atoms with E-state index in [2.05, 4.69) is 15.2 Å². The SMILES string of the molecule is Fc1ccc(OCc2nnc(SCc3cc4ccccc4nc3Cl)o2)cc1. The number of rotatable bonds is 6. The Balaban J connectivity index is 1.38. The number of halogens is 2. The van der Waals surface area contributed by atoms with Gasteiger partial charge in [0, 0.05) is 16.7 Å². The van der Waals surface area contributed by atoms with Gasteiger partial charge in [0.05, 0.1) is 5.52 Å². The van der Waals surface area contributed by atoms with E-state index in [4.69, 9.17) is 20.8 Å². The third kappa shape index (κ3) is 4.37. The Morgan fingerprint density at radius 3 is 2.74 bits per heavy atom. The van der Waals surface area contributed by atoms with E-state index < -0.39 is 0 Å². The fraction of sp³-hybridized carbons (Fsp3) is 0.105. The van der Waals surface area contributed by atoms with E-state index in [1.807, 2.05) is 30.3 Å². The minimum atomic E-state index is -0.319. The Labute approximate surface area is 163 Å². The van der Waals surface area contributed by atoms with E-state index in [1.165, 1.54) is 36.0 Å². The molecule has 0 spiro atoms. The molecule has 8 heteroatoms. The second kappa shape index (κ2) is 7.94. The molecule has 0 unspecified atom stereocenters. The van der Waals surface area contributed by atoms with Crippen molar-refractivity contribution in [1.29, 1.82) is 0 Å². The third-order valence-electron chi connectivity index (χ3n) is 3.73. The lowest BCUT2D eigenvalue weighted by molar-refractivity contribution is 0.252. The fourth-order valence-corrected chi connectivity index (χ4v) is 3.45. The quantitative estimate of drug-likeness (QED) is 0.323. The van der Waals surface area contributed by atoms with Gasteiger partial charge in [-0.1, -0.05) is 41.6 Å². The van der Waals surface area contributed by atoms with Gasteiger partial charge in [-0.2, -0.15) is 0 Å². The van der Waals surface area contributed by atoms with Gasteiger partial charge in [-0.3, -0.25) is 0 Å². The zero-order chi connectivity index (χ0) is 18.6. The van der Waals surface area contributed by atoms with Crippen molar-refractivity contribution >= 4 is 34.3 Å². The van der Waals surface area contributed by atoms with Gasteiger partial charge in [-0.25, -0.2) is 9.37 Å². The van der Waals surface area contributed by atoms with Gasteiger partial charge in [0.2, 0.25) is 0 Å². The van der Waals surface area contributed by atoms with Crippen LogP contribution < -0.4 is 4.74 Å². The van der Waals surface area contributed by atoms with Crippen LogP contribution in [0.5, 0.6) is 5.75 Å². The van der Waals surface area contributed by atoms with Crippen molar-refractivity contribution in [2.24, 2.45) is 0 Å². The molecule has 0 N–H and O–H groups in total. The summed E-state index contributed by atoms with van der Waals surface area (Å²) in [6.45, 7) is 0.109. The number of benzene rings is 2. The lowest BCUT2D eigenvalue weighted by Gasteiger charge is -2.04. The van der Waals surface area contributed by atoms with Gasteiger partial charge in [-0.15, -0.1) is 10.2 Å². The summed E-state index contributed by atoms with van der Waals surface area (Å²) in [4.78, 5) is 4.40. The van der Waals surface area contributed by atoms with Crippen LogP contribution in [0.4, 0.5) is 4.39 Å². The molecule has 4 aromatic rings. The van der Waals surface area contributed by atoms with E-state index in [1.54, 1.807) is 0 Å². The fourth-order valence-electron chi connectivity index (χ4n) is 2.41. The van der Waals surface area contributed by atoms with E-state index in [-0.39, 0.29) is 12.4 Å². The number of thioether (sulfide) groups is 1. The van der Waals surface area contributed by atoms with Gasteiger partial charge < -0.3 is 9.15 Å². The van der Waals surface area contributed by atoms with Crippen LogP contribution in [-0.4, -0.2) is 15.2 Å². The zero-order valence-electron chi connectivity index (χ0n) is 13.9. The number of nitrogens with zero attached hydrogens (tertiary/aromatic N) is 3. The lowest BCUT2D eigenvalue weighted by atomic mass is 10.2. The third-order valence-corrected chi connectivity index (χ3v) is 4.92. The molecule has 0 aliphatic rings. The van der Waals surface area contributed by atoms with Crippen LogP contribution in [0, 0.1) is 5.82 Å². The Hall–Kier alpha value is -2.64. The molecule has 0 radical (unpaired) electrons. The lowest BCUT2D eigenvalue weighted by Crippen LogP contribution is -1.95. The Morgan fingerprint density at radius 1 is 1.07 bits per heavy atom. The van der Waals surface area contributed by atoms with Gasteiger partial charge in [0.1, 0.15) is 16.7 Å². The molecular formula is C19H13ClFN3O2S. The molecule has 0 aliphatic carbocycles. The van der Waals surface area contributed by atoms with Crippen molar-refractivity contribution in [3.8, 4) is 5.75 Å². The highest BCUT2D eigenvalue weighted by Crippen LogP contribution is 2.27. The molecule has 2 heterocycles. The van der Waals surface area contributed by atoms with Crippen molar-refractivity contribution < 1.29 is 13.5 Å². The summed E-state index contributed by atoms with van der Waals surface area (Å²) in [5.41, 5.74) is 1.75. The summed E-state index contributed by atoms with van der Waals surface area (Å²) < 4.78 is 23.9.